The summed E-state index contributed by atoms with van der Waals surface area (Å²) >= 11 is 0. The molecule has 2 amide bonds. The third-order valence-corrected chi connectivity index (χ3v) is 6.11. The van der Waals surface area contributed by atoms with Gasteiger partial charge in [-0.05, 0) is 38.8 Å². The molecule has 0 unspecified atom stereocenters. The van der Waals surface area contributed by atoms with E-state index in [1.807, 2.05) is 11.8 Å². The molecule has 0 spiro atoms. The Morgan fingerprint density at radius 2 is 1.89 bits per heavy atom. The molecule has 1 saturated heterocycles. The SMILES string of the molecule is CCOC(=O)C1CCN(c2nc3c(c(=O)[nH]2)[C@@H](C(=O)Nc2ccccc2OCC)CC(=O)N3)CC1. The van der Waals surface area contributed by atoms with Crippen LogP contribution in [0.1, 0.15) is 44.6 Å². The molecule has 1 atom stereocenters. The van der Waals surface area contributed by atoms with Gasteiger partial charge in [0, 0.05) is 19.5 Å². The zero-order valence-electron chi connectivity index (χ0n) is 19.8. The smallest absolute Gasteiger partial charge is 0.309 e. The Morgan fingerprint density at radius 1 is 1.14 bits per heavy atom. The van der Waals surface area contributed by atoms with Gasteiger partial charge in [-0.3, -0.25) is 24.2 Å². The molecule has 35 heavy (non-hydrogen) atoms. The third-order valence-electron chi connectivity index (χ3n) is 6.11. The van der Waals surface area contributed by atoms with Crippen LogP contribution >= 0.6 is 0 Å². The molecule has 0 saturated carbocycles. The minimum absolute atomic E-state index is 0.0748. The molecule has 0 bridgehead atoms. The van der Waals surface area contributed by atoms with Crippen molar-refractivity contribution in [2.24, 2.45) is 5.92 Å². The summed E-state index contributed by atoms with van der Waals surface area (Å²) in [5.41, 5.74) is 0.0780. The molecule has 186 valence electrons. The van der Waals surface area contributed by atoms with E-state index >= 15 is 0 Å². The molecule has 2 aromatic rings. The predicted molar refractivity (Wildman–Crippen MR) is 129 cm³/mol. The Kier molecular flexibility index (Phi) is 7.33. The summed E-state index contributed by atoms with van der Waals surface area (Å²) in [6.07, 6.45) is 0.956. The van der Waals surface area contributed by atoms with Crippen LogP contribution in [-0.4, -0.2) is 54.1 Å². The number of carbonyl (C=O) groups excluding carboxylic acids is 3. The monoisotopic (exact) mass is 483 g/mol. The van der Waals surface area contributed by atoms with Crippen LogP contribution in [0.15, 0.2) is 29.1 Å². The molecular weight excluding hydrogens is 454 g/mol. The average molecular weight is 484 g/mol. The number of anilines is 3. The highest BCUT2D eigenvalue weighted by Crippen LogP contribution is 2.32. The number of ether oxygens (including phenoxy) is 2. The highest BCUT2D eigenvalue weighted by Gasteiger charge is 2.36. The lowest BCUT2D eigenvalue weighted by atomic mass is 9.92. The fraction of sp³-hybridized carbons (Fsp3) is 0.458. The van der Waals surface area contributed by atoms with Crippen LogP contribution < -0.4 is 25.8 Å². The summed E-state index contributed by atoms with van der Waals surface area (Å²) in [6, 6.07) is 6.96. The van der Waals surface area contributed by atoms with E-state index in [-0.39, 0.29) is 29.7 Å². The number of rotatable bonds is 7. The molecule has 11 nitrogen and oxygen atoms in total. The van der Waals surface area contributed by atoms with Crippen molar-refractivity contribution in [2.45, 2.75) is 39.0 Å². The average Bonchev–Trinajstić information content (AvgIpc) is 2.84. The van der Waals surface area contributed by atoms with E-state index in [9.17, 15) is 19.2 Å². The van der Waals surface area contributed by atoms with Gasteiger partial charge in [0.1, 0.15) is 11.6 Å². The molecule has 2 aliphatic rings. The van der Waals surface area contributed by atoms with Gasteiger partial charge in [-0.1, -0.05) is 12.1 Å². The predicted octanol–water partition coefficient (Wildman–Crippen LogP) is 2.01. The van der Waals surface area contributed by atoms with Gasteiger partial charge in [-0.15, -0.1) is 0 Å². The van der Waals surface area contributed by atoms with Gasteiger partial charge >= 0.3 is 5.97 Å². The molecule has 1 fully saturated rings. The summed E-state index contributed by atoms with van der Waals surface area (Å²) in [5, 5.41) is 5.41. The molecular formula is C24H29N5O6. The normalized spacial score (nSPS) is 17.8. The second-order valence-electron chi connectivity index (χ2n) is 8.39. The van der Waals surface area contributed by atoms with E-state index < -0.39 is 23.3 Å². The second-order valence-corrected chi connectivity index (χ2v) is 8.39. The maximum absolute atomic E-state index is 13.1. The Morgan fingerprint density at radius 3 is 2.60 bits per heavy atom. The first-order valence-electron chi connectivity index (χ1n) is 11.8. The van der Waals surface area contributed by atoms with E-state index in [1.54, 1.807) is 31.2 Å². The number of para-hydroxylation sites is 2. The Hall–Kier alpha value is -3.89. The lowest BCUT2D eigenvalue weighted by molar-refractivity contribution is -0.148. The summed E-state index contributed by atoms with van der Waals surface area (Å²) in [7, 11) is 0. The van der Waals surface area contributed by atoms with E-state index in [4.69, 9.17) is 9.47 Å². The number of H-pyrrole nitrogens is 1. The van der Waals surface area contributed by atoms with Gasteiger partial charge in [0.2, 0.25) is 17.8 Å². The molecule has 3 heterocycles. The van der Waals surface area contributed by atoms with Crippen LogP contribution in [-0.2, 0) is 19.1 Å². The van der Waals surface area contributed by atoms with Crippen LogP contribution in [0.4, 0.5) is 17.5 Å². The largest absolute Gasteiger partial charge is 0.492 e. The van der Waals surface area contributed by atoms with Crippen LogP contribution in [0.25, 0.3) is 0 Å². The number of amides is 2. The first kappa shape index (κ1) is 24.2. The highest BCUT2D eigenvalue weighted by atomic mass is 16.5. The topological polar surface area (TPSA) is 143 Å². The third kappa shape index (κ3) is 5.28. The van der Waals surface area contributed by atoms with Crippen molar-refractivity contribution in [3.63, 3.8) is 0 Å². The fourth-order valence-corrected chi connectivity index (χ4v) is 4.39. The standard InChI is InChI=1S/C24H29N5O6/c1-3-34-17-8-6-5-7-16(17)25-21(31)15-13-18(30)26-20-19(15)22(32)28-24(27-20)29-11-9-14(10-12-29)23(33)35-4-2/h5-8,14-15H,3-4,9-13H2,1-2H3,(H,25,31)(H2,26,27,28,30,32)/t15-/m0/s1. The quantitative estimate of drug-likeness (QED) is 0.508. The number of esters is 1. The van der Waals surface area contributed by atoms with Gasteiger partial charge in [-0.2, -0.15) is 4.98 Å². The van der Waals surface area contributed by atoms with Crippen molar-refractivity contribution in [2.75, 3.05) is 41.8 Å². The molecule has 3 N–H and O–H groups in total. The molecule has 0 radical (unpaired) electrons. The number of nitrogens with one attached hydrogen (secondary N) is 3. The number of hydrogen-bond donors (Lipinski definition) is 3. The van der Waals surface area contributed by atoms with Crippen molar-refractivity contribution in [3.05, 3.63) is 40.2 Å². The number of carbonyl (C=O) groups is 3. The number of fused-ring (bicyclic) bond motifs is 1. The fourth-order valence-electron chi connectivity index (χ4n) is 4.39. The summed E-state index contributed by atoms with van der Waals surface area (Å²) in [4.78, 5) is 59.7. The lowest BCUT2D eigenvalue weighted by Gasteiger charge is -2.32. The van der Waals surface area contributed by atoms with Crippen molar-refractivity contribution in [1.29, 1.82) is 0 Å². The van der Waals surface area contributed by atoms with Crippen LogP contribution in [0.3, 0.4) is 0 Å². The minimum atomic E-state index is -1.01. The molecule has 2 aliphatic heterocycles. The number of benzene rings is 1. The maximum atomic E-state index is 13.1. The molecule has 1 aromatic heterocycles. The van der Waals surface area contributed by atoms with E-state index in [0.717, 1.165) is 0 Å². The van der Waals surface area contributed by atoms with Crippen LogP contribution in [0.2, 0.25) is 0 Å². The number of nitrogens with zero attached hydrogens (tertiary/aromatic N) is 2. The number of aromatic amines is 1. The number of piperidine rings is 1. The zero-order chi connectivity index (χ0) is 24.9. The lowest BCUT2D eigenvalue weighted by Crippen LogP contribution is -2.41. The Labute approximate surface area is 202 Å². The van der Waals surface area contributed by atoms with Crippen molar-refractivity contribution in [3.8, 4) is 5.75 Å². The minimum Gasteiger partial charge on any atom is -0.492 e. The van der Waals surface area contributed by atoms with Crippen molar-refractivity contribution < 1.29 is 23.9 Å². The summed E-state index contributed by atoms with van der Waals surface area (Å²) in [6.45, 7) is 5.36. The van der Waals surface area contributed by atoms with Crippen LogP contribution in [0, 0.1) is 5.92 Å². The molecule has 4 rings (SSSR count). The highest BCUT2D eigenvalue weighted by molar-refractivity contribution is 6.05. The Balaban J connectivity index is 1.54. The number of aromatic nitrogens is 2. The van der Waals surface area contributed by atoms with E-state index in [0.29, 0.717) is 56.5 Å². The van der Waals surface area contributed by atoms with Gasteiger partial charge < -0.3 is 25.0 Å². The second kappa shape index (κ2) is 10.6. The van der Waals surface area contributed by atoms with Crippen LogP contribution in [0.5, 0.6) is 5.75 Å². The first-order chi connectivity index (χ1) is 16.9. The maximum Gasteiger partial charge on any atom is 0.309 e. The molecule has 11 heteroatoms. The molecule has 1 aromatic carbocycles. The van der Waals surface area contributed by atoms with Gasteiger partial charge in [0.05, 0.1) is 36.3 Å². The van der Waals surface area contributed by atoms with E-state index in [1.165, 1.54) is 0 Å². The molecule has 0 aliphatic carbocycles. The van der Waals surface area contributed by atoms with Crippen molar-refractivity contribution in [1.82, 2.24) is 9.97 Å². The van der Waals surface area contributed by atoms with E-state index in [2.05, 4.69) is 20.6 Å². The number of hydrogen-bond acceptors (Lipinski definition) is 8. The summed E-state index contributed by atoms with van der Waals surface area (Å²) in [5.74, 6) is -1.45. The zero-order valence-corrected chi connectivity index (χ0v) is 19.8. The van der Waals surface area contributed by atoms with Gasteiger partial charge in [-0.25, -0.2) is 0 Å². The Bertz CT molecular complexity index is 1170. The van der Waals surface area contributed by atoms with Gasteiger partial charge in [0.25, 0.3) is 5.56 Å². The van der Waals surface area contributed by atoms with Crippen molar-refractivity contribution >= 4 is 35.2 Å². The first-order valence-corrected chi connectivity index (χ1v) is 11.8. The van der Waals surface area contributed by atoms with Gasteiger partial charge in [0.15, 0.2) is 0 Å². The summed E-state index contributed by atoms with van der Waals surface area (Å²) < 4.78 is 10.7.